The molecule has 0 aliphatic heterocycles. The first-order valence-electron chi connectivity index (χ1n) is 6.90. The van der Waals surface area contributed by atoms with E-state index < -0.39 is 5.92 Å². The van der Waals surface area contributed by atoms with Crippen LogP contribution in [0.25, 0.3) is 0 Å². The number of rotatable bonds is 8. The van der Waals surface area contributed by atoms with E-state index in [4.69, 9.17) is 10.9 Å². The number of nitrogens with two attached hydrogens (primary N) is 1. The van der Waals surface area contributed by atoms with E-state index in [2.05, 4.69) is 17.4 Å². The average molecular weight is 309 g/mol. The number of hydrogen-bond acceptors (Lipinski definition) is 4. The molecule has 1 amide bonds. The minimum atomic E-state index is -0.651. The van der Waals surface area contributed by atoms with Gasteiger partial charge in [0.25, 0.3) is 0 Å². The first kappa shape index (κ1) is 17.4. The fourth-order valence-electron chi connectivity index (χ4n) is 1.89. The van der Waals surface area contributed by atoms with Gasteiger partial charge in [-0.2, -0.15) is 11.8 Å². The van der Waals surface area contributed by atoms with Crippen LogP contribution in [-0.2, 0) is 11.2 Å². The Bertz CT molecular complexity index is 465. The summed E-state index contributed by atoms with van der Waals surface area (Å²) in [6.45, 7) is 2.70. The van der Waals surface area contributed by atoms with E-state index in [0.717, 1.165) is 12.0 Å². The highest BCUT2D eigenvalue weighted by molar-refractivity contribution is 7.99. The maximum absolute atomic E-state index is 12.2. The van der Waals surface area contributed by atoms with Crippen molar-refractivity contribution in [2.75, 3.05) is 12.8 Å². The molecular weight excluding hydrogens is 286 g/mol. The van der Waals surface area contributed by atoms with E-state index >= 15 is 0 Å². The van der Waals surface area contributed by atoms with Gasteiger partial charge in [0.2, 0.25) is 5.91 Å². The molecule has 0 saturated heterocycles. The topological polar surface area (TPSA) is 87.7 Å². The predicted molar refractivity (Wildman–Crippen MR) is 87.6 cm³/mol. The van der Waals surface area contributed by atoms with E-state index in [1.165, 1.54) is 0 Å². The summed E-state index contributed by atoms with van der Waals surface area (Å²) < 4.78 is 0. The van der Waals surface area contributed by atoms with Crippen LogP contribution in [0.15, 0.2) is 35.5 Å². The second kappa shape index (κ2) is 9.28. The van der Waals surface area contributed by atoms with Crippen LogP contribution in [0.4, 0.5) is 0 Å². The second-order valence-electron chi connectivity index (χ2n) is 4.89. The summed E-state index contributed by atoms with van der Waals surface area (Å²) in [5.74, 6) is -0.918. The van der Waals surface area contributed by atoms with Crippen LogP contribution >= 0.6 is 11.8 Å². The summed E-state index contributed by atoms with van der Waals surface area (Å²) in [4.78, 5) is 12.2. The van der Waals surface area contributed by atoms with Crippen molar-refractivity contribution in [3.63, 3.8) is 0 Å². The van der Waals surface area contributed by atoms with Crippen molar-refractivity contribution in [3.05, 3.63) is 35.9 Å². The van der Waals surface area contributed by atoms with Crippen molar-refractivity contribution in [1.29, 1.82) is 0 Å². The number of carbonyl (C=O) groups is 1. The number of amides is 1. The third kappa shape index (κ3) is 6.08. The maximum atomic E-state index is 12.2. The molecule has 2 atom stereocenters. The van der Waals surface area contributed by atoms with Crippen molar-refractivity contribution in [2.45, 2.75) is 25.0 Å². The molecule has 0 spiro atoms. The number of thioether (sulfide) groups is 1. The Labute approximate surface area is 130 Å². The van der Waals surface area contributed by atoms with Crippen LogP contribution in [0, 0.1) is 5.92 Å². The minimum absolute atomic E-state index is 0.0609. The van der Waals surface area contributed by atoms with Gasteiger partial charge in [0, 0.05) is 11.8 Å². The first-order valence-corrected chi connectivity index (χ1v) is 8.19. The Kier molecular flexibility index (Phi) is 7.68. The lowest BCUT2D eigenvalue weighted by molar-refractivity contribution is -0.123. The zero-order chi connectivity index (χ0) is 15.7. The number of oxime groups is 1. The number of benzene rings is 1. The van der Waals surface area contributed by atoms with Crippen LogP contribution in [0.5, 0.6) is 0 Å². The Morgan fingerprint density at radius 1 is 1.43 bits per heavy atom. The Morgan fingerprint density at radius 2 is 2.10 bits per heavy atom. The lowest BCUT2D eigenvalue weighted by atomic mass is 9.97. The zero-order valence-corrected chi connectivity index (χ0v) is 13.3. The van der Waals surface area contributed by atoms with Crippen molar-refractivity contribution in [2.24, 2.45) is 16.8 Å². The Hall–Kier alpha value is -1.69. The molecule has 116 valence electrons. The minimum Gasteiger partial charge on any atom is -0.409 e. The molecule has 5 nitrogen and oxygen atoms in total. The van der Waals surface area contributed by atoms with E-state index in [0.29, 0.717) is 18.2 Å². The molecule has 1 aromatic rings. The molecule has 0 aliphatic carbocycles. The van der Waals surface area contributed by atoms with Gasteiger partial charge in [-0.15, -0.1) is 0 Å². The van der Waals surface area contributed by atoms with Gasteiger partial charge in [-0.05, 0) is 24.7 Å². The van der Waals surface area contributed by atoms with E-state index in [1.54, 1.807) is 11.8 Å². The van der Waals surface area contributed by atoms with Gasteiger partial charge < -0.3 is 16.3 Å². The summed E-state index contributed by atoms with van der Waals surface area (Å²) >= 11 is 1.76. The number of nitrogens with one attached hydrogen (secondary N) is 1. The van der Waals surface area contributed by atoms with Crippen molar-refractivity contribution >= 4 is 23.5 Å². The molecule has 0 saturated carbocycles. The SMILES string of the molecule is CSC(C)CCNC(=O)C(Cc1ccccc1)/C(N)=N/O. The number of amidine groups is 1. The molecule has 1 rings (SSSR count). The summed E-state index contributed by atoms with van der Waals surface area (Å²) in [6, 6.07) is 9.54. The summed E-state index contributed by atoms with van der Waals surface area (Å²) in [5.41, 5.74) is 6.63. The fourth-order valence-corrected chi connectivity index (χ4v) is 2.24. The van der Waals surface area contributed by atoms with E-state index in [1.807, 2.05) is 36.6 Å². The maximum Gasteiger partial charge on any atom is 0.231 e. The number of hydrogen-bond donors (Lipinski definition) is 3. The molecule has 1 aromatic carbocycles. The highest BCUT2D eigenvalue weighted by Crippen LogP contribution is 2.11. The zero-order valence-electron chi connectivity index (χ0n) is 12.5. The third-order valence-electron chi connectivity index (χ3n) is 3.32. The molecule has 0 aliphatic rings. The summed E-state index contributed by atoms with van der Waals surface area (Å²) in [6.07, 6.45) is 3.35. The highest BCUT2D eigenvalue weighted by Gasteiger charge is 2.23. The quantitative estimate of drug-likeness (QED) is 0.296. The molecular formula is C15H23N3O2S. The molecule has 0 fully saturated rings. The smallest absolute Gasteiger partial charge is 0.231 e. The van der Waals surface area contributed by atoms with Crippen LogP contribution in [0.2, 0.25) is 0 Å². The predicted octanol–water partition coefficient (Wildman–Crippen LogP) is 1.85. The van der Waals surface area contributed by atoms with Gasteiger partial charge >= 0.3 is 0 Å². The van der Waals surface area contributed by atoms with Gasteiger partial charge in [0.05, 0.1) is 0 Å². The van der Waals surface area contributed by atoms with Crippen molar-refractivity contribution in [3.8, 4) is 0 Å². The van der Waals surface area contributed by atoms with Crippen LogP contribution < -0.4 is 11.1 Å². The molecule has 0 radical (unpaired) electrons. The Balaban J connectivity index is 2.63. The molecule has 4 N–H and O–H groups in total. The monoisotopic (exact) mass is 309 g/mol. The molecule has 2 unspecified atom stereocenters. The van der Waals surface area contributed by atoms with Gasteiger partial charge in [0.15, 0.2) is 5.84 Å². The fraction of sp³-hybridized carbons (Fsp3) is 0.467. The third-order valence-corrected chi connectivity index (χ3v) is 4.36. The standard InChI is InChI=1S/C15H23N3O2S/c1-11(21-2)8-9-17-15(19)13(14(16)18-20)10-12-6-4-3-5-7-12/h3-7,11,13,20H,8-10H2,1-2H3,(H2,16,18)(H,17,19). The van der Waals surface area contributed by atoms with Crippen LogP contribution in [0.3, 0.4) is 0 Å². The van der Waals surface area contributed by atoms with Gasteiger partial charge in [0.1, 0.15) is 5.92 Å². The first-order chi connectivity index (χ1) is 10.1. The molecule has 0 bridgehead atoms. The van der Waals surface area contributed by atoms with Crippen molar-refractivity contribution < 1.29 is 10.0 Å². The summed E-state index contributed by atoms with van der Waals surface area (Å²) in [7, 11) is 0. The average Bonchev–Trinajstić information content (AvgIpc) is 2.52. The lowest BCUT2D eigenvalue weighted by Crippen LogP contribution is -2.40. The van der Waals surface area contributed by atoms with Gasteiger partial charge in [-0.3, -0.25) is 4.79 Å². The van der Waals surface area contributed by atoms with E-state index in [-0.39, 0.29) is 11.7 Å². The Morgan fingerprint density at radius 3 is 2.67 bits per heavy atom. The second-order valence-corrected chi connectivity index (χ2v) is 6.17. The van der Waals surface area contributed by atoms with Crippen LogP contribution in [-0.4, -0.2) is 35.0 Å². The highest BCUT2D eigenvalue weighted by atomic mass is 32.2. The van der Waals surface area contributed by atoms with Crippen LogP contribution in [0.1, 0.15) is 18.9 Å². The molecule has 6 heteroatoms. The van der Waals surface area contributed by atoms with Gasteiger partial charge in [-0.25, -0.2) is 0 Å². The molecule has 0 heterocycles. The number of carbonyl (C=O) groups excluding carboxylic acids is 1. The molecule has 0 aromatic heterocycles. The van der Waals surface area contributed by atoms with Crippen molar-refractivity contribution in [1.82, 2.24) is 5.32 Å². The normalized spacial score (nSPS) is 14.5. The number of nitrogens with zero attached hydrogens (tertiary/aromatic N) is 1. The van der Waals surface area contributed by atoms with E-state index in [9.17, 15) is 4.79 Å². The van der Waals surface area contributed by atoms with Gasteiger partial charge in [-0.1, -0.05) is 42.4 Å². The lowest BCUT2D eigenvalue weighted by Gasteiger charge is -2.16. The molecule has 21 heavy (non-hydrogen) atoms. The largest absolute Gasteiger partial charge is 0.409 e. The summed E-state index contributed by atoms with van der Waals surface area (Å²) in [5, 5.41) is 15.2.